The second-order valence-electron chi connectivity index (χ2n) is 4.25. The summed E-state index contributed by atoms with van der Waals surface area (Å²) >= 11 is 6.98. The normalized spacial score (nSPS) is 10.5. The number of ether oxygens (including phenoxy) is 1. The van der Waals surface area contributed by atoms with Crippen LogP contribution < -0.4 is 4.74 Å². The Morgan fingerprint density at radius 1 is 1.16 bits per heavy atom. The molecule has 0 amide bonds. The van der Waals surface area contributed by atoms with Crippen LogP contribution in [0.3, 0.4) is 0 Å². The maximum Gasteiger partial charge on any atom is 0.148 e. The van der Waals surface area contributed by atoms with Crippen LogP contribution >= 0.6 is 31.9 Å². The van der Waals surface area contributed by atoms with E-state index in [9.17, 15) is 0 Å². The van der Waals surface area contributed by atoms with Crippen molar-refractivity contribution in [1.29, 1.82) is 0 Å². The fourth-order valence-electron chi connectivity index (χ4n) is 1.77. The van der Waals surface area contributed by atoms with Gasteiger partial charge in [0.05, 0.1) is 10.2 Å². The first kappa shape index (κ1) is 14.5. The molecule has 0 radical (unpaired) electrons. The molecule has 0 bridgehead atoms. The minimum Gasteiger partial charge on any atom is -0.454 e. The van der Waals surface area contributed by atoms with E-state index >= 15 is 0 Å². The van der Waals surface area contributed by atoms with E-state index < -0.39 is 0 Å². The van der Waals surface area contributed by atoms with Gasteiger partial charge in [-0.05, 0) is 59.1 Å². The lowest BCUT2D eigenvalue weighted by atomic mass is 10.2. The summed E-state index contributed by atoms with van der Waals surface area (Å²) in [7, 11) is 0. The number of benzene rings is 1. The highest BCUT2D eigenvalue weighted by atomic mass is 79.9. The molecule has 100 valence electrons. The Balaban J connectivity index is 2.31. The first-order chi connectivity index (χ1) is 9.13. The summed E-state index contributed by atoms with van der Waals surface area (Å²) < 4.78 is 6.91. The molecular formula is C15H15Br2NO. The molecule has 2 nitrogen and oxygen atoms in total. The molecule has 2 aromatic rings. The topological polar surface area (TPSA) is 22.1 Å². The van der Waals surface area contributed by atoms with Crippen LogP contribution in [0.5, 0.6) is 11.5 Å². The number of nitrogens with zero attached hydrogens (tertiary/aromatic N) is 1. The zero-order valence-electron chi connectivity index (χ0n) is 10.9. The molecule has 0 spiro atoms. The zero-order chi connectivity index (χ0) is 13.8. The van der Waals surface area contributed by atoms with Gasteiger partial charge in [-0.1, -0.05) is 28.9 Å². The number of aromatic nitrogens is 1. The Bertz CT molecular complexity index is 584. The van der Waals surface area contributed by atoms with Crippen LogP contribution in [0.1, 0.15) is 23.9 Å². The van der Waals surface area contributed by atoms with Gasteiger partial charge < -0.3 is 4.74 Å². The molecular weight excluding hydrogens is 370 g/mol. The minimum absolute atomic E-state index is 0.810. The number of hydrogen-bond acceptors (Lipinski definition) is 2. The molecule has 0 saturated heterocycles. The molecule has 19 heavy (non-hydrogen) atoms. The van der Waals surface area contributed by atoms with Crippen molar-refractivity contribution in [1.82, 2.24) is 4.98 Å². The zero-order valence-corrected chi connectivity index (χ0v) is 14.1. The van der Waals surface area contributed by atoms with E-state index in [0.717, 1.165) is 39.1 Å². The van der Waals surface area contributed by atoms with Gasteiger partial charge in [-0.2, -0.15) is 0 Å². The van der Waals surface area contributed by atoms with Gasteiger partial charge in [0, 0.05) is 11.0 Å². The summed E-state index contributed by atoms with van der Waals surface area (Å²) in [5.41, 5.74) is 3.20. The predicted molar refractivity (Wildman–Crippen MR) is 85.2 cm³/mol. The SMILES string of the molecule is CCc1nc(C)ccc1Oc1ccc(CBr)cc1Br. The third-order valence-corrected chi connectivity index (χ3v) is 4.04. The molecule has 0 unspecified atom stereocenters. The largest absolute Gasteiger partial charge is 0.454 e. The second kappa shape index (κ2) is 6.53. The Morgan fingerprint density at radius 2 is 1.89 bits per heavy atom. The molecule has 0 N–H and O–H groups in total. The molecule has 0 saturated carbocycles. The first-order valence-corrected chi connectivity index (χ1v) is 8.04. The van der Waals surface area contributed by atoms with Crippen molar-refractivity contribution in [3.8, 4) is 11.5 Å². The van der Waals surface area contributed by atoms with E-state index in [4.69, 9.17) is 4.74 Å². The van der Waals surface area contributed by atoms with Crippen LogP contribution in [0.4, 0.5) is 0 Å². The maximum atomic E-state index is 5.96. The van der Waals surface area contributed by atoms with E-state index in [1.165, 1.54) is 5.56 Å². The number of hydrogen-bond donors (Lipinski definition) is 0. The second-order valence-corrected chi connectivity index (χ2v) is 5.67. The smallest absolute Gasteiger partial charge is 0.148 e. The van der Waals surface area contributed by atoms with Crippen LogP contribution in [0.2, 0.25) is 0 Å². The van der Waals surface area contributed by atoms with Gasteiger partial charge in [0.1, 0.15) is 11.5 Å². The van der Waals surface area contributed by atoms with Gasteiger partial charge in [-0.25, -0.2) is 0 Å². The molecule has 0 fully saturated rings. The van der Waals surface area contributed by atoms with Crippen LogP contribution in [-0.4, -0.2) is 4.98 Å². The van der Waals surface area contributed by atoms with Crippen molar-refractivity contribution in [3.63, 3.8) is 0 Å². The fraction of sp³-hybridized carbons (Fsp3) is 0.267. The predicted octanol–water partition coefficient (Wildman–Crippen LogP) is 5.40. The quantitative estimate of drug-likeness (QED) is 0.658. The van der Waals surface area contributed by atoms with E-state index in [-0.39, 0.29) is 0 Å². The van der Waals surface area contributed by atoms with Crippen LogP contribution in [0.25, 0.3) is 0 Å². The Kier molecular flexibility index (Phi) is 4.99. The molecule has 1 heterocycles. The maximum absolute atomic E-state index is 5.96. The van der Waals surface area contributed by atoms with E-state index in [1.807, 2.05) is 31.2 Å². The highest BCUT2D eigenvalue weighted by Crippen LogP contribution is 2.32. The summed E-state index contributed by atoms with van der Waals surface area (Å²) in [6, 6.07) is 10.0. The number of pyridine rings is 1. The summed E-state index contributed by atoms with van der Waals surface area (Å²) in [6.45, 7) is 4.07. The lowest BCUT2D eigenvalue weighted by Gasteiger charge is -2.12. The number of halogens is 2. The summed E-state index contributed by atoms with van der Waals surface area (Å²) in [6.07, 6.45) is 0.855. The van der Waals surface area contributed by atoms with Gasteiger partial charge in [0.2, 0.25) is 0 Å². The number of alkyl halides is 1. The lowest BCUT2D eigenvalue weighted by Crippen LogP contribution is -1.96. The van der Waals surface area contributed by atoms with Crippen LogP contribution in [-0.2, 0) is 11.8 Å². The Labute approximate surface area is 130 Å². The molecule has 0 aliphatic heterocycles. The summed E-state index contributed by atoms with van der Waals surface area (Å²) in [5.74, 6) is 1.63. The standard InChI is InChI=1S/C15H15Br2NO/c1-3-13-15(6-4-10(2)18-13)19-14-7-5-11(9-16)8-12(14)17/h4-8H,3,9H2,1-2H3. The van der Waals surface area contributed by atoms with Crippen molar-refractivity contribution in [2.75, 3.05) is 0 Å². The Hall–Kier alpha value is -0.870. The number of rotatable bonds is 4. The molecule has 0 aliphatic carbocycles. The molecule has 1 aromatic heterocycles. The lowest BCUT2D eigenvalue weighted by molar-refractivity contribution is 0.469. The van der Waals surface area contributed by atoms with Crippen molar-refractivity contribution >= 4 is 31.9 Å². The third kappa shape index (κ3) is 3.57. The monoisotopic (exact) mass is 383 g/mol. The van der Waals surface area contributed by atoms with Gasteiger partial charge in [-0.15, -0.1) is 0 Å². The van der Waals surface area contributed by atoms with Crippen LogP contribution in [0.15, 0.2) is 34.8 Å². The molecule has 1 aromatic carbocycles. The fourth-order valence-corrected chi connectivity index (χ4v) is 2.63. The van der Waals surface area contributed by atoms with Gasteiger partial charge in [0.25, 0.3) is 0 Å². The highest BCUT2D eigenvalue weighted by Gasteiger charge is 2.08. The van der Waals surface area contributed by atoms with Gasteiger partial charge in [-0.3, -0.25) is 4.98 Å². The van der Waals surface area contributed by atoms with Crippen molar-refractivity contribution < 1.29 is 4.74 Å². The van der Waals surface area contributed by atoms with E-state index in [0.29, 0.717) is 0 Å². The average molecular weight is 385 g/mol. The molecule has 4 heteroatoms. The van der Waals surface area contributed by atoms with Gasteiger partial charge >= 0.3 is 0 Å². The van der Waals surface area contributed by atoms with E-state index in [1.54, 1.807) is 0 Å². The van der Waals surface area contributed by atoms with Crippen molar-refractivity contribution in [3.05, 3.63) is 51.8 Å². The highest BCUT2D eigenvalue weighted by molar-refractivity contribution is 9.10. The third-order valence-electron chi connectivity index (χ3n) is 2.78. The van der Waals surface area contributed by atoms with Crippen molar-refractivity contribution in [2.45, 2.75) is 25.6 Å². The average Bonchev–Trinajstić information content (AvgIpc) is 2.42. The van der Waals surface area contributed by atoms with Gasteiger partial charge in [0.15, 0.2) is 0 Å². The molecule has 0 aliphatic rings. The van der Waals surface area contributed by atoms with Crippen molar-refractivity contribution in [2.24, 2.45) is 0 Å². The molecule has 2 rings (SSSR count). The minimum atomic E-state index is 0.810. The summed E-state index contributed by atoms with van der Waals surface area (Å²) in [4.78, 5) is 4.50. The van der Waals surface area contributed by atoms with E-state index in [2.05, 4.69) is 49.8 Å². The first-order valence-electron chi connectivity index (χ1n) is 6.12. The number of aryl methyl sites for hydroxylation is 2. The Morgan fingerprint density at radius 3 is 2.53 bits per heavy atom. The molecule has 0 atom stereocenters. The van der Waals surface area contributed by atoms with Crippen LogP contribution in [0, 0.1) is 6.92 Å². The summed E-state index contributed by atoms with van der Waals surface area (Å²) in [5, 5.41) is 0.832.